The number of aliphatic hydroxyl groups is 1. The van der Waals surface area contributed by atoms with Gasteiger partial charge in [0.05, 0.1) is 6.61 Å². The van der Waals surface area contributed by atoms with Crippen LogP contribution in [0, 0.1) is 0 Å². The molecule has 0 saturated carbocycles. The van der Waals surface area contributed by atoms with Crippen molar-refractivity contribution in [1.82, 2.24) is 4.98 Å². The fourth-order valence-corrected chi connectivity index (χ4v) is 2.34. The lowest BCUT2D eigenvalue weighted by Crippen LogP contribution is -1.96. The number of unbranched alkanes of at least 4 members (excludes halogenated alkanes) is 4. The first kappa shape index (κ1) is 14.3. The molecule has 0 atom stereocenters. The van der Waals surface area contributed by atoms with Gasteiger partial charge in [0.25, 0.3) is 0 Å². The third-order valence-electron chi connectivity index (χ3n) is 3.41. The Morgan fingerprint density at radius 2 is 1.65 bits per heavy atom. The third kappa shape index (κ3) is 4.55. The lowest BCUT2D eigenvalue weighted by atomic mass is 9.99. The number of rotatable bonds is 9. The number of nitrogens with one attached hydrogen (secondary N) is 1. The van der Waals surface area contributed by atoms with Crippen LogP contribution < -0.4 is 0 Å². The molecule has 1 heterocycles. The SMILES string of the molecule is CCCCCc1c[nH]c(CO)c1CCCCC. The van der Waals surface area contributed by atoms with E-state index in [2.05, 4.69) is 25.0 Å². The summed E-state index contributed by atoms with van der Waals surface area (Å²) in [6.45, 7) is 4.61. The van der Waals surface area contributed by atoms with Gasteiger partial charge in [0, 0.05) is 11.9 Å². The quantitative estimate of drug-likeness (QED) is 0.626. The van der Waals surface area contributed by atoms with E-state index in [-0.39, 0.29) is 6.61 Å². The van der Waals surface area contributed by atoms with Crippen LogP contribution in [0.1, 0.15) is 69.2 Å². The third-order valence-corrected chi connectivity index (χ3v) is 3.41. The molecule has 0 fully saturated rings. The second-order valence-corrected chi connectivity index (χ2v) is 4.84. The average molecular weight is 237 g/mol. The van der Waals surface area contributed by atoms with Crippen LogP contribution in [-0.2, 0) is 19.4 Å². The highest BCUT2D eigenvalue weighted by molar-refractivity contribution is 5.31. The summed E-state index contributed by atoms with van der Waals surface area (Å²) in [5.74, 6) is 0. The minimum Gasteiger partial charge on any atom is -0.390 e. The van der Waals surface area contributed by atoms with Gasteiger partial charge in [-0.25, -0.2) is 0 Å². The maximum atomic E-state index is 9.33. The molecule has 0 aliphatic rings. The van der Waals surface area contributed by atoms with Crippen molar-refractivity contribution in [2.75, 3.05) is 0 Å². The Hall–Kier alpha value is -0.760. The first-order valence-corrected chi connectivity index (χ1v) is 7.12. The van der Waals surface area contributed by atoms with Gasteiger partial charge in [0.1, 0.15) is 0 Å². The Morgan fingerprint density at radius 1 is 1.00 bits per heavy atom. The molecule has 2 N–H and O–H groups in total. The Balaban J connectivity index is 2.58. The minimum atomic E-state index is 0.148. The molecule has 1 aromatic rings. The van der Waals surface area contributed by atoms with Crippen molar-refractivity contribution in [3.8, 4) is 0 Å². The monoisotopic (exact) mass is 237 g/mol. The molecular formula is C15H27NO. The molecule has 0 aromatic carbocycles. The second-order valence-electron chi connectivity index (χ2n) is 4.84. The molecule has 1 rings (SSSR count). The zero-order chi connectivity index (χ0) is 12.5. The fourth-order valence-electron chi connectivity index (χ4n) is 2.34. The van der Waals surface area contributed by atoms with Gasteiger partial charge in [-0.1, -0.05) is 39.5 Å². The van der Waals surface area contributed by atoms with Crippen molar-refractivity contribution < 1.29 is 5.11 Å². The Bertz CT molecular complexity index is 304. The molecule has 0 spiro atoms. The zero-order valence-corrected chi connectivity index (χ0v) is 11.4. The molecule has 0 aliphatic heterocycles. The number of hydrogen-bond acceptors (Lipinski definition) is 1. The zero-order valence-electron chi connectivity index (χ0n) is 11.4. The molecule has 0 aliphatic carbocycles. The Kier molecular flexibility index (Phi) is 7.02. The molecule has 0 unspecified atom stereocenters. The van der Waals surface area contributed by atoms with E-state index in [0.29, 0.717) is 0 Å². The summed E-state index contributed by atoms with van der Waals surface area (Å²) in [5.41, 5.74) is 3.85. The minimum absolute atomic E-state index is 0.148. The molecule has 1 aromatic heterocycles. The van der Waals surface area contributed by atoms with E-state index in [1.165, 1.54) is 49.7 Å². The molecule has 98 valence electrons. The summed E-state index contributed by atoms with van der Waals surface area (Å²) in [6.07, 6.45) is 12.0. The van der Waals surface area contributed by atoms with Crippen molar-refractivity contribution >= 4 is 0 Å². The molecule has 0 radical (unpaired) electrons. The van der Waals surface area contributed by atoms with Crippen molar-refractivity contribution in [2.45, 2.75) is 71.8 Å². The van der Waals surface area contributed by atoms with Crippen molar-refractivity contribution in [2.24, 2.45) is 0 Å². The summed E-state index contributed by atoms with van der Waals surface area (Å²) >= 11 is 0. The van der Waals surface area contributed by atoms with Gasteiger partial charge in [0.2, 0.25) is 0 Å². The predicted octanol–water partition coefficient (Wildman–Crippen LogP) is 3.97. The predicted molar refractivity (Wildman–Crippen MR) is 73.2 cm³/mol. The Labute approximate surface area is 105 Å². The van der Waals surface area contributed by atoms with Crippen LogP contribution in [0.3, 0.4) is 0 Å². The number of aryl methyl sites for hydroxylation is 1. The van der Waals surface area contributed by atoms with Crippen molar-refractivity contribution in [3.63, 3.8) is 0 Å². The summed E-state index contributed by atoms with van der Waals surface area (Å²) < 4.78 is 0. The number of aromatic amines is 1. The van der Waals surface area contributed by atoms with Crippen LogP contribution in [0.2, 0.25) is 0 Å². The van der Waals surface area contributed by atoms with E-state index in [1.807, 2.05) is 0 Å². The standard InChI is InChI=1S/C15H27NO/c1-3-5-7-9-13-11-16-15(12-17)14(13)10-8-6-4-2/h11,16-17H,3-10,12H2,1-2H3. The van der Waals surface area contributed by atoms with Crippen LogP contribution in [0.25, 0.3) is 0 Å². The van der Waals surface area contributed by atoms with E-state index in [4.69, 9.17) is 0 Å². The maximum Gasteiger partial charge on any atom is 0.0833 e. The molecule has 17 heavy (non-hydrogen) atoms. The maximum absolute atomic E-state index is 9.33. The largest absolute Gasteiger partial charge is 0.390 e. The van der Waals surface area contributed by atoms with Crippen LogP contribution >= 0.6 is 0 Å². The normalized spacial score (nSPS) is 11.0. The fraction of sp³-hybridized carbons (Fsp3) is 0.733. The second kappa shape index (κ2) is 8.35. The number of aromatic nitrogens is 1. The summed E-state index contributed by atoms with van der Waals surface area (Å²) in [7, 11) is 0. The number of aliphatic hydroxyl groups excluding tert-OH is 1. The Morgan fingerprint density at radius 3 is 2.24 bits per heavy atom. The molecule has 0 saturated heterocycles. The van der Waals surface area contributed by atoms with E-state index in [1.54, 1.807) is 0 Å². The summed E-state index contributed by atoms with van der Waals surface area (Å²) in [5, 5.41) is 9.33. The van der Waals surface area contributed by atoms with Gasteiger partial charge in [0.15, 0.2) is 0 Å². The number of H-pyrrole nitrogens is 1. The van der Waals surface area contributed by atoms with Crippen molar-refractivity contribution in [1.29, 1.82) is 0 Å². The summed E-state index contributed by atoms with van der Waals surface area (Å²) in [6, 6.07) is 0. The van der Waals surface area contributed by atoms with E-state index >= 15 is 0 Å². The molecule has 0 bridgehead atoms. The van der Waals surface area contributed by atoms with Gasteiger partial charge in [-0.15, -0.1) is 0 Å². The summed E-state index contributed by atoms with van der Waals surface area (Å²) in [4.78, 5) is 3.23. The first-order valence-electron chi connectivity index (χ1n) is 7.12. The first-order chi connectivity index (χ1) is 8.33. The highest BCUT2D eigenvalue weighted by Gasteiger charge is 2.09. The van der Waals surface area contributed by atoms with E-state index in [0.717, 1.165) is 18.5 Å². The van der Waals surface area contributed by atoms with Gasteiger partial charge in [-0.3, -0.25) is 0 Å². The van der Waals surface area contributed by atoms with E-state index in [9.17, 15) is 5.11 Å². The topological polar surface area (TPSA) is 36.0 Å². The van der Waals surface area contributed by atoms with Gasteiger partial charge < -0.3 is 10.1 Å². The molecule has 2 nitrogen and oxygen atoms in total. The molecule has 0 amide bonds. The smallest absolute Gasteiger partial charge is 0.0833 e. The van der Waals surface area contributed by atoms with Gasteiger partial charge >= 0.3 is 0 Å². The highest BCUT2D eigenvalue weighted by Crippen LogP contribution is 2.20. The van der Waals surface area contributed by atoms with Gasteiger partial charge in [-0.2, -0.15) is 0 Å². The number of hydrogen-bond donors (Lipinski definition) is 2. The van der Waals surface area contributed by atoms with E-state index < -0.39 is 0 Å². The average Bonchev–Trinajstić information content (AvgIpc) is 2.73. The van der Waals surface area contributed by atoms with Crippen LogP contribution in [0.5, 0.6) is 0 Å². The van der Waals surface area contributed by atoms with Crippen molar-refractivity contribution in [3.05, 3.63) is 23.0 Å². The van der Waals surface area contributed by atoms with Crippen LogP contribution in [0.4, 0.5) is 0 Å². The molecular weight excluding hydrogens is 210 g/mol. The lowest BCUT2D eigenvalue weighted by molar-refractivity contribution is 0.276. The van der Waals surface area contributed by atoms with Crippen LogP contribution in [0.15, 0.2) is 6.20 Å². The lowest BCUT2D eigenvalue weighted by Gasteiger charge is -2.06. The van der Waals surface area contributed by atoms with Gasteiger partial charge in [-0.05, 0) is 36.8 Å². The molecule has 2 heteroatoms. The van der Waals surface area contributed by atoms with Crippen LogP contribution in [-0.4, -0.2) is 10.1 Å². The highest BCUT2D eigenvalue weighted by atomic mass is 16.3.